The lowest BCUT2D eigenvalue weighted by Crippen LogP contribution is -2.35. The molecule has 2 N–H and O–H groups in total. The minimum Gasteiger partial charge on any atom is -0.493 e. The molecule has 0 saturated carbocycles. The molecule has 0 aliphatic carbocycles. The van der Waals surface area contributed by atoms with Gasteiger partial charge in [0.25, 0.3) is 0 Å². The van der Waals surface area contributed by atoms with E-state index < -0.39 is 23.8 Å². The van der Waals surface area contributed by atoms with E-state index in [0.717, 1.165) is 28.0 Å². The van der Waals surface area contributed by atoms with Gasteiger partial charge in [0.1, 0.15) is 11.6 Å². The third kappa shape index (κ3) is 6.75. The summed E-state index contributed by atoms with van der Waals surface area (Å²) in [5.41, 5.74) is 3.66. The molecule has 3 atom stereocenters. The second-order valence-corrected chi connectivity index (χ2v) is 11.7. The Balaban J connectivity index is 1.46. The van der Waals surface area contributed by atoms with Crippen LogP contribution in [0.2, 0.25) is 0 Å². The number of fused-ring (bicyclic) bond motifs is 1. The number of carbonyl (C=O) groups excluding carboxylic acids is 1. The van der Waals surface area contributed by atoms with Crippen LogP contribution in [0.4, 0.5) is 10.1 Å². The number of nitrogens with one attached hydrogen (secondary N) is 1. The van der Waals surface area contributed by atoms with Crippen molar-refractivity contribution in [2.24, 2.45) is 5.92 Å². The lowest BCUT2D eigenvalue weighted by Gasteiger charge is -2.27. The first-order valence-corrected chi connectivity index (χ1v) is 15.9. The van der Waals surface area contributed by atoms with E-state index >= 15 is 0 Å². The Morgan fingerprint density at radius 1 is 1.02 bits per heavy atom. The highest BCUT2D eigenvalue weighted by molar-refractivity contribution is 7.98. The first kappa shape index (κ1) is 30.7. The molecule has 2 heterocycles. The average molecular weight is 609 g/mol. The monoisotopic (exact) mass is 608 g/mol. The minimum absolute atomic E-state index is 0.0365. The van der Waals surface area contributed by atoms with Crippen molar-refractivity contribution in [3.63, 3.8) is 0 Å². The molecule has 1 fully saturated rings. The number of nitrogens with zero attached hydrogens (tertiary/aromatic N) is 1. The number of carbonyl (C=O) groups is 2. The summed E-state index contributed by atoms with van der Waals surface area (Å²) in [4.78, 5) is 28.4. The number of hydrogen-bond acceptors (Lipinski definition) is 7. The largest absolute Gasteiger partial charge is 0.493 e. The molecule has 1 unspecified atom stereocenters. The van der Waals surface area contributed by atoms with E-state index in [1.54, 1.807) is 17.8 Å². The summed E-state index contributed by atoms with van der Waals surface area (Å²) in [6.45, 7) is 4.83. The highest BCUT2D eigenvalue weighted by Gasteiger charge is 2.48. The Bertz CT molecular complexity index is 1440. The van der Waals surface area contributed by atoms with Crippen LogP contribution in [0.15, 0.2) is 54.6 Å². The van der Waals surface area contributed by atoms with Crippen LogP contribution in [0.25, 0.3) is 0 Å². The second-order valence-electron chi connectivity index (χ2n) is 10.7. The summed E-state index contributed by atoms with van der Waals surface area (Å²) >= 11 is 1.69. The van der Waals surface area contributed by atoms with E-state index in [4.69, 9.17) is 14.2 Å². The van der Waals surface area contributed by atoms with Crippen LogP contribution in [-0.2, 0) is 22.4 Å². The number of amides is 1. The van der Waals surface area contributed by atoms with Crippen molar-refractivity contribution in [1.82, 2.24) is 4.90 Å². The van der Waals surface area contributed by atoms with Gasteiger partial charge in [-0.2, -0.15) is 11.8 Å². The fourth-order valence-corrected chi connectivity index (χ4v) is 6.33. The standard InChI is InChI=1S/C33H37FN2O6S/c1-4-20-14-24(34)15-21(5-2)31(20)35-29(37)18-36-17-26(23-8-11-27-28(16-23)42-19-41-27)30(33(38)39)32(36)22-6-9-25(10-7-22)40-12-13-43-3/h6-11,14-16,26,30,32H,4-5,12-13,17-19H2,1-3H3,(H,35,37)(H,38,39)/t26-,30?,32+/m1/s1. The highest BCUT2D eigenvalue weighted by atomic mass is 32.2. The van der Waals surface area contributed by atoms with Gasteiger partial charge in [-0.05, 0) is 77.7 Å². The normalized spacial score (nSPS) is 19.4. The molecular weight excluding hydrogens is 571 g/mol. The summed E-state index contributed by atoms with van der Waals surface area (Å²) in [7, 11) is 0. The van der Waals surface area contributed by atoms with Gasteiger partial charge in [-0.15, -0.1) is 0 Å². The number of benzene rings is 3. The van der Waals surface area contributed by atoms with Gasteiger partial charge in [0.15, 0.2) is 11.5 Å². The molecule has 5 rings (SSSR count). The number of halogens is 1. The van der Waals surface area contributed by atoms with Crippen LogP contribution in [0.1, 0.15) is 48.1 Å². The number of thioether (sulfide) groups is 1. The Hall–Kier alpha value is -3.76. The molecule has 0 radical (unpaired) electrons. The first-order chi connectivity index (χ1) is 20.8. The Morgan fingerprint density at radius 3 is 2.35 bits per heavy atom. The van der Waals surface area contributed by atoms with Crippen LogP contribution >= 0.6 is 11.8 Å². The molecule has 228 valence electrons. The van der Waals surface area contributed by atoms with Crippen molar-refractivity contribution in [2.75, 3.05) is 43.8 Å². The van der Waals surface area contributed by atoms with Crippen LogP contribution in [-0.4, -0.2) is 60.4 Å². The zero-order chi connectivity index (χ0) is 30.5. The number of ether oxygens (including phenoxy) is 3. The maximum absolute atomic E-state index is 14.2. The zero-order valence-corrected chi connectivity index (χ0v) is 25.4. The maximum atomic E-state index is 14.2. The summed E-state index contributed by atoms with van der Waals surface area (Å²) in [6.07, 6.45) is 3.14. The van der Waals surface area contributed by atoms with Crippen molar-refractivity contribution in [3.8, 4) is 17.2 Å². The Morgan fingerprint density at radius 2 is 1.70 bits per heavy atom. The van der Waals surface area contributed by atoms with Crippen LogP contribution < -0.4 is 19.5 Å². The predicted octanol–water partition coefficient (Wildman–Crippen LogP) is 5.90. The van der Waals surface area contributed by atoms with Crippen LogP contribution in [0.3, 0.4) is 0 Å². The molecule has 2 aliphatic rings. The summed E-state index contributed by atoms with van der Waals surface area (Å²) in [6, 6.07) is 15.3. The number of aliphatic carboxylic acids is 1. The average Bonchev–Trinajstić information content (AvgIpc) is 3.62. The minimum atomic E-state index is -0.948. The van der Waals surface area contributed by atoms with Crippen LogP contribution in [0.5, 0.6) is 17.2 Å². The van der Waals surface area contributed by atoms with Gasteiger partial charge in [0.2, 0.25) is 12.7 Å². The van der Waals surface area contributed by atoms with Gasteiger partial charge in [0, 0.05) is 29.9 Å². The highest BCUT2D eigenvalue weighted by Crippen LogP contribution is 2.47. The summed E-state index contributed by atoms with van der Waals surface area (Å²) in [5.74, 6) is -0.0422. The molecule has 3 aromatic carbocycles. The summed E-state index contributed by atoms with van der Waals surface area (Å²) < 4.78 is 31.1. The van der Waals surface area contributed by atoms with Crippen molar-refractivity contribution in [1.29, 1.82) is 0 Å². The molecule has 1 amide bonds. The van der Waals surface area contributed by atoms with E-state index in [9.17, 15) is 19.1 Å². The van der Waals surface area contributed by atoms with Gasteiger partial charge in [-0.25, -0.2) is 4.39 Å². The third-order valence-corrected chi connectivity index (χ3v) is 8.70. The van der Waals surface area contributed by atoms with E-state index in [0.29, 0.717) is 48.9 Å². The molecule has 0 aromatic heterocycles. The fraction of sp³-hybridized carbons (Fsp3) is 0.394. The number of hydrogen-bond donors (Lipinski definition) is 2. The first-order valence-electron chi connectivity index (χ1n) is 14.5. The van der Waals surface area contributed by atoms with Crippen molar-refractivity contribution < 1.29 is 33.3 Å². The lowest BCUT2D eigenvalue weighted by atomic mass is 9.82. The van der Waals surface area contributed by atoms with E-state index in [1.807, 2.05) is 61.4 Å². The lowest BCUT2D eigenvalue weighted by molar-refractivity contribution is -0.143. The SMILES string of the molecule is CCc1cc(F)cc(CC)c1NC(=O)CN1C[C@H](c2ccc3c(c2)OCO3)C(C(=O)O)[C@@H]1c1ccc(OCCSC)cc1. The van der Waals surface area contributed by atoms with Gasteiger partial charge >= 0.3 is 5.97 Å². The molecular formula is C33H37FN2O6S. The number of carboxylic acid groups (broad SMARTS) is 1. The van der Waals surface area contributed by atoms with Crippen molar-refractivity contribution in [2.45, 2.75) is 38.6 Å². The number of rotatable bonds is 12. The third-order valence-electron chi connectivity index (χ3n) is 8.13. The van der Waals surface area contributed by atoms with Gasteiger partial charge in [-0.1, -0.05) is 32.0 Å². The molecule has 3 aromatic rings. The smallest absolute Gasteiger partial charge is 0.309 e. The van der Waals surface area contributed by atoms with Crippen LogP contribution in [0, 0.1) is 11.7 Å². The quantitative estimate of drug-likeness (QED) is 0.246. The van der Waals surface area contributed by atoms with Gasteiger partial charge in [-0.3, -0.25) is 14.5 Å². The van der Waals surface area contributed by atoms with E-state index in [-0.39, 0.29) is 25.1 Å². The van der Waals surface area contributed by atoms with Crippen molar-refractivity contribution >= 4 is 29.3 Å². The molecule has 10 heteroatoms. The maximum Gasteiger partial charge on any atom is 0.309 e. The second kappa shape index (κ2) is 13.7. The Labute approximate surface area is 255 Å². The Kier molecular flexibility index (Phi) is 9.77. The van der Waals surface area contributed by atoms with Gasteiger partial charge in [0.05, 0.1) is 19.1 Å². The molecule has 1 saturated heterocycles. The fourth-order valence-electron chi connectivity index (χ4n) is 6.08. The van der Waals surface area contributed by atoms with E-state index in [1.165, 1.54) is 12.1 Å². The molecule has 2 aliphatic heterocycles. The topological polar surface area (TPSA) is 97.3 Å². The number of carboxylic acids is 1. The van der Waals surface area contributed by atoms with Gasteiger partial charge < -0.3 is 24.6 Å². The molecule has 8 nitrogen and oxygen atoms in total. The number of aryl methyl sites for hydroxylation is 2. The summed E-state index contributed by atoms with van der Waals surface area (Å²) in [5, 5.41) is 13.6. The number of likely N-dealkylation sites (tertiary alicyclic amines) is 1. The molecule has 0 bridgehead atoms. The molecule has 0 spiro atoms. The number of anilines is 1. The molecule has 43 heavy (non-hydrogen) atoms. The van der Waals surface area contributed by atoms with E-state index in [2.05, 4.69) is 5.32 Å². The van der Waals surface area contributed by atoms with Crippen molar-refractivity contribution in [3.05, 3.63) is 82.7 Å². The zero-order valence-electron chi connectivity index (χ0n) is 24.6. The predicted molar refractivity (Wildman–Crippen MR) is 165 cm³/mol.